The van der Waals surface area contributed by atoms with Gasteiger partial charge in [-0.15, -0.1) is 0 Å². The van der Waals surface area contributed by atoms with E-state index in [1.54, 1.807) is 0 Å². The maximum Gasteiger partial charge on any atom is 0.00314 e. The Bertz CT molecular complexity index is 71.3. The van der Waals surface area contributed by atoms with Crippen LogP contribution in [0.15, 0.2) is 0 Å². The number of halogens is 1. The van der Waals surface area contributed by atoms with Crippen molar-refractivity contribution < 1.29 is 0 Å². The molecule has 68 valence electrons. The Morgan fingerprint density at radius 3 is 2.27 bits per heavy atom. The lowest BCUT2D eigenvalue weighted by atomic mass is 9.99. The highest BCUT2D eigenvalue weighted by Crippen LogP contribution is 2.14. The van der Waals surface area contributed by atoms with Crippen LogP contribution in [-0.2, 0) is 0 Å². The molecule has 11 heavy (non-hydrogen) atoms. The quantitative estimate of drug-likeness (QED) is 0.442. The van der Waals surface area contributed by atoms with Crippen molar-refractivity contribution in [2.75, 3.05) is 5.33 Å². The summed E-state index contributed by atoms with van der Waals surface area (Å²) in [5, 5.41) is 1.17. The molecular formula is C10H21Br. The highest BCUT2D eigenvalue weighted by atomic mass is 79.9. The number of hydrogen-bond donors (Lipinski definition) is 0. The van der Waals surface area contributed by atoms with Gasteiger partial charge in [-0.3, -0.25) is 0 Å². The molecule has 0 spiro atoms. The summed E-state index contributed by atoms with van der Waals surface area (Å²) < 4.78 is 0. The van der Waals surface area contributed by atoms with E-state index in [9.17, 15) is 0 Å². The molecular weight excluding hydrogens is 200 g/mol. The Labute approximate surface area is 79.9 Å². The Hall–Kier alpha value is 0.480. The molecule has 0 nitrogen and oxygen atoms in total. The molecule has 1 unspecified atom stereocenters. The van der Waals surface area contributed by atoms with Crippen molar-refractivity contribution in [3.63, 3.8) is 0 Å². The van der Waals surface area contributed by atoms with Crippen LogP contribution in [0.4, 0.5) is 0 Å². The zero-order chi connectivity index (χ0) is 8.53. The largest absolute Gasteiger partial charge is 0.0928 e. The predicted molar refractivity (Wildman–Crippen MR) is 56.3 cm³/mol. The van der Waals surface area contributed by atoms with Crippen LogP contribution >= 0.6 is 15.9 Å². The van der Waals surface area contributed by atoms with Gasteiger partial charge in [-0.2, -0.15) is 0 Å². The second-order valence-corrected chi connectivity index (χ2v) is 4.23. The van der Waals surface area contributed by atoms with Gasteiger partial charge < -0.3 is 0 Å². The molecule has 0 fully saturated rings. The van der Waals surface area contributed by atoms with E-state index < -0.39 is 0 Å². The molecule has 0 heterocycles. The lowest BCUT2D eigenvalue weighted by molar-refractivity contribution is 0.461. The third kappa shape index (κ3) is 8.39. The monoisotopic (exact) mass is 220 g/mol. The highest BCUT2D eigenvalue weighted by molar-refractivity contribution is 9.09. The standard InChI is InChI=1S/C10H21Br/c1-3-4-5-7-10(2)8-6-9-11/h10H,3-9H2,1-2H3. The number of hydrogen-bond acceptors (Lipinski definition) is 0. The molecule has 0 amide bonds. The lowest BCUT2D eigenvalue weighted by Crippen LogP contribution is -1.94. The first kappa shape index (κ1) is 11.5. The molecule has 0 aliphatic rings. The molecule has 0 bridgehead atoms. The van der Waals surface area contributed by atoms with Gasteiger partial charge in [-0.25, -0.2) is 0 Å². The summed E-state index contributed by atoms with van der Waals surface area (Å²) in [6, 6.07) is 0. The SMILES string of the molecule is CCCCCC(C)CCCBr. The molecule has 0 aromatic heterocycles. The van der Waals surface area contributed by atoms with Crippen molar-refractivity contribution in [2.45, 2.75) is 52.4 Å². The molecule has 0 rings (SSSR count). The van der Waals surface area contributed by atoms with E-state index in [4.69, 9.17) is 0 Å². The van der Waals surface area contributed by atoms with E-state index in [1.165, 1.54) is 43.9 Å². The third-order valence-corrected chi connectivity index (χ3v) is 2.69. The van der Waals surface area contributed by atoms with Gasteiger partial charge in [0.1, 0.15) is 0 Å². The van der Waals surface area contributed by atoms with E-state index in [2.05, 4.69) is 29.8 Å². The van der Waals surface area contributed by atoms with Gasteiger partial charge in [-0.05, 0) is 18.8 Å². The molecule has 0 saturated carbocycles. The van der Waals surface area contributed by atoms with Crippen molar-refractivity contribution >= 4 is 15.9 Å². The summed E-state index contributed by atoms with van der Waals surface area (Å²) in [6.07, 6.45) is 8.37. The third-order valence-electron chi connectivity index (χ3n) is 2.13. The fourth-order valence-electron chi connectivity index (χ4n) is 1.31. The normalized spacial score (nSPS) is 13.4. The number of rotatable bonds is 7. The lowest BCUT2D eigenvalue weighted by Gasteiger charge is -2.08. The van der Waals surface area contributed by atoms with E-state index in [1.807, 2.05) is 0 Å². The molecule has 0 aliphatic carbocycles. The summed E-state index contributed by atoms with van der Waals surface area (Å²) in [4.78, 5) is 0. The summed E-state index contributed by atoms with van der Waals surface area (Å²) in [5.41, 5.74) is 0. The van der Waals surface area contributed by atoms with Crippen molar-refractivity contribution in [3.05, 3.63) is 0 Å². The van der Waals surface area contributed by atoms with E-state index in [0.717, 1.165) is 5.92 Å². The number of alkyl halides is 1. The van der Waals surface area contributed by atoms with Crippen LogP contribution in [0.5, 0.6) is 0 Å². The number of unbranched alkanes of at least 4 members (excludes halogenated alkanes) is 2. The first-order valence-electron chi connectivity index (χ1n) is 4.87. The van der Waals surface area contributed by atoms with Gasteiger partial charge in [0.05, 0.1) is 0 Å². The Balaban J connectivity index is 3.02. The first-order valence-corrected chi connectivity index (χ1v) is 5.99. The first-order chi connectivity index (χ1) is 5.31. The summed E-state index contributed by atoms with van der Waals surface area (Å²) in [7, 11) is 0. The Kier molecular flexibility index (Phi) is 8.95. The minimum atomic E-state index is 0.944. The molecule has 0 aromatic rings. The molecule has 0 aromatic carbocycles. The smallest absolute Gasteiger partial charge is 0.00314 e. The Morgan fingerprint density at radius 2 is 1.73 bits per heavy atom. The second kappa shape index (κ2) is 8.58. The minimum absolute atomic E-state index is 0.944. The van der Waals surface area contributed by atoms with Crippen LogP contribution in [0.2, 0.25) is 0 Å². The minimum Gasteiger partial charge on any atom is -0.0928 e. The zero-order valence-electron chi connectivity index (χ0n) is 7.91. The van der Waals surface area contributed by atoms with Gasteiger partial charge in [0.25, 0.3) is 0 Å². The molecule has 0 saturated heterocycles. The maximum atomic E-state index is 3.46. The summed E-state index contributed by atoms with van der Waals surface area (Å²) >= 11 is 3.46. The van der Waals surface area contributed by atoms with Crippen molar-refractivity contribution in [1.29, 1.82) is 0 Å². The van der Waals surface area contributed by atoms with Crippen LogP contribution in [0.1, 0.15) is 52.4 Å². The second-order valence-electron chi connectivity index (χ2n) is 3.43. The van der Waals surface area contributed by atoms with Crippen LogP contribution in [0, 0.1) is 5.92 Å². The van der Waals surface area contributed by atoms with Crippen LogP contribution in [0.3, 0.4) is 0 Å². The van der Waals surface area contributed by atoms with Crippen LogP contribution in [-0.4, -0.2) is 5.33 Å². The zero-order valence-corrected chi connectivity index (χ0v) is 9.49. The fraction of sp³-hybridized carbons (Fsp3) is 1.00. The van der Waals surface area contributed by atoms with E-state index in [-0.39, 0.29) is 0 Å². The van der Waals surface area contributed by atoms with Crippen molar-refractivity contribution in [2.24, 2.45) is 5.92 Å². The van der Waals surface area contributed by atoms with Crippen molar-refractivity contribution in [1.82, 2.24) is 0 Å². The maximum absolute atomic E-state index is 3.46. The predicted octanol–water partition coefficient (Wildman–Crippen LogP) is 4.38. The molecule has 1 atom stereocenters. The molecule has 0 radical (unpaired) electrons. The summed E-state index contributed by atoms with van der Waals surface area (Å²) in [5.74, 6) is 0.944. The van der Waals surface area contributed by atoms with E-state index in [0.29, 0.717) is 0 Å². The van der Waals surface area contributed by atoms with Crippen LogP contribution in [0.25, 0.3) is 0 Å². The van der Waals surface area contributed by atoms with Crippen molar-refractivity contribution in [3.8, 4) is 0 Å². The average molecular weight is 221 g/mol. The van der Waals surface area contributed by atoms with Gasteiger partial charge in [0, 0.05) is 5.33 Å². The fourth-order valence-corrected chi connectivity index (χ4v) is 1.64. The molecule has 0 N–H and O–H groups in total. The van der Waals surface area contributed by atoms with Gasteiger partial charge in [0.15, 0.2) is 0 Å². The van der Waals surface area contributed by atoms with Gasteiger partial charge in [0.2, 0.25) is 0 Å². The van der Waals surface area contributed by atoms with Gasteiger partial charge in [-0.1, -0.05) is 55.5 Å². The molecule has 1 heteroatoms. The van der Waals surface area contributed by atoms with Gasteiger partial charge >= 0.3 is 0 Å². The highest BCUT2D eigenvalue weighted by Gasteiger charge is 1.99. The molecule has 0 aliphatic heterocycles. The average Bonchev–Trinajstić information content (AvgIpc) is 2.01. The van der Waals surface area contributed by atoms with E-state index >= 15 is 0 Å². The summed E-state index contributed by atoms with van der Waals surface area (Å²) in [6.45, 7) is 4.64. The topological polar surface area (TPSA) is 0 Å². The van der Waals surface area contributed by atoms with Crippen LogP contribution < -0.4 is 0 Å². The Morgan fingerprint density at radius 1 is 1.09 bits per heavy atom.